The molecule has 6 heteroatoms. The van der Waals surface area contributed by atoms with Gasteiger partial charge >= 0.3 is 5.97 Å². The van der Waals surface area contributed by atoms with Gasteiger partial charge in [0.25, 0.3) is 0 Å². The maximum absolute atomic E-state index is 10.7. The van der Waals surface area contributed by atoms with Crippen LogP contribution in [-0.2, 0) is 9.53 Å². The van der Waals surface area contributed by atoms with E-state index < -0.39 is 12.0 Å². The van der Waals surface area contributed by atoms with Gasteiger partial charge in [0, 0.05) is 24.5 Å². The minimum atomic E-state index is -1.03. The number of aromatic nitrogens is 1. The first kappa shape index (κ1) is 11.5. The Bertz CT molecular complexity index is 374. The number of carbonyl (C=O) groups is 1. The topological polar surface area (TPSA) is 85.4 Å². The van der Waals surface area contributed by atoms with E-state index in [-0.39, 0.29) is 0 Å². The predicted octanol–water partition coefficient (Wildman–Crippen LogP) is 1.12. The molecule has 0 saturated carbocycles. The lowest BCUT2D eigenvalue weighted by atomic mass is 9.97. The minimum Gasteiger partial charge on any atom is -0.480 e. The largest absolute Gasteiger partial charge is 0.480 e. The number of aliphatic carboxylic acids is 1. The molecule has 2 heterocycles. The summed E-state index contributed by atoms with van der Waals surface area (Å²) in [5.41, 5.74) is 6.46. The molecule has 16 heavy (non-hydrogen) atoms. The van der Waals surface area contributed by atoms with Gasteiger partial charge in [-0.15, -0.1) is 11.3 Å². The third-order valence-corrected chi connectivity index (χ3v) is 3.66. The summed E-state index contributed by atoms with van der Waals surface area (Å²) in [6, 6.07) is -1.00. The molecule has 5 nitrogen and oxygen atoms in total. The number of nitrogens with zero attached hydrogens (tertiary/aromatic N) is 1. The summed E-state index contributed by atoms with van der Waals surface area (Å²) < 4.78 is 5.27. The van der Waals surface area contributed by atoms with Gasteiger partial charge in [-0.1, -0.05) is 0 Å². The Morgan fingerprint density at radius 1 is 1.62 bits per heavy atom. The molecule has 1 aliphatic heterocycles. The first-order valence-electron chi connectivity index (χ1n) is 5.20. The molecule has 0 amide bonds. The molecule has 0 spiro atoms. The first-order chi connectivity index (χ1) is 7.68. The van der Waals surface area contributed by atoms with Crippen molar-refractivity contribution < 1.29 is 14.6 Å². The van der Waals surface area contributed by atoms with Gasteiger partial charge in [0.05, 0.1) is 5.69 Å². The van der Waals surface area contributed by atoms with E-state index in [4.69, 9.17) is 15.6 Å². The van der Waals surface area contributed by atoms with E-state index in [1.807, 2.05) is 5.38 Å². The Morgan fingerprint density at radius 3 is 2.94 bits per heavy atom. The molecule has 1 unspecified atom stereocenters. The summed E-state index contributed by atoms with van der Waals surface area (Å²) in [7, 11) is 0. The number of hydrogen-bond acceptors (Lipinski definition) is 5. The van der Waals surface area contributed by atoms with E-state index in [1.54, 1.807) is 0 Å². The Labute approximate surface area is 97.2 Å². The van der Waals surface area contributed by atoms with Gasteiger partial charge in [-0.2, -0.15) is 0 Å². The van der Waals surface area contributed by atoms with E-state index in [1.165, 1.54) is 11.3 Å². The van der Waals surface area contributed by atoms with Crippen molar-refractivity contribution in [2.45, 2.75) is 24.8 Å². The van der Waals surface area contributed by atoms with Crippen LogP contribution in [0.15, 0.2) is 5.38 Å². The number of carboxylic acids is 1. The van der Waals surface area contributed by atoms with Crippen LogP contribution in [0.4, 0.5) is 0 Å². The molecule has 1 saturated heterocycles. The van der Waals surface area contributed by atoms with Gasteiger partial charge in [-0.3, -0.25) is 4.79 Å². The monoisotopic (exact) mass is 242 g/mol. The molecule has 0 aromatic carbocycles. The highest BCUT2D eigenvalue weighted by atomic mass is 32.1. The van der Waals surface area contributed by atoms with E-state index in [9.17, 15) is 4.79 Å². The second-order valence-electron chi connectivity index (χ2n) is 3.81. The van der Waals surface area contributed by atoms with Crippen LogP contribution < -0.4 is 5.73 Å². The molecule has 1 fully saturated rings. The summed E-state index contributed by atoms with van der Waals surface area (Å²) in [4.78, 5) is 15.0. The van der Waals surface area contributed by atoms with Crippen LogP contribution in [-0.4, -0.2) is 29.3 Å². The van der Waals surface area contributed by atoms with E-state index in [0.29, 0.717) is 10.9 Å². The third kappa shape index (κ3) is 2.40. The predicted molar refractivity (Wildman–Crippen MR) is 59.5 cm³/mol. The number of thiazole rings is 1. The average molecular weight is 242 g/mol. The summed E-state index contributed by atoms with van der Waals surface area (Å²) in [5, 5.41) is 11.2. The molecular weight excluding hydrogens is 228 g/mol. The normalized spacial score (nSPS) is 19.6. The van der Waals surface area contributed by atoms with Crippen molar-refractivity contribution in [2.75, 3.05) is 13.2 Å². The molecule has 3 N–H and O–H groups in total. The van der Waals surface area contributed by atoms with Crippen LogP contribution >= 0.6 is 11.3 Å². The minimum absolute atomic E-state index is 0.389. The lowest BCUT2D eigenvalue weighted by Crippen LogP contribution is -2.21. The summed E-state index contributed by atoms with van der Waals surface area (Å²) >= 11 is 1.32. The van der Waals surface area contributed by atoms with Crippen LogP contribution in [0.25, 0.3) is 0 Å². The lowest BCUT2D eigenvalue weighted by molar-refractivity contribution is -0.138. The molecule has 0 aliphatic carbocycles. The van der Waals surface area contributed by atoms with Gasteiger partial charge in [-0.05, 0) is 12.8 Å². The molecular formula is C10H14N2O3S. The quantitative estimate of drug-likeness (QED) is 0.829. The second kappa shape index (κ2) is 4.90. The van der Waals surface area contributed by atoms with Crippen LogP contribution in [0.1, 0.15) is 35.5 Å². The van der Waals surface area contributed by atoms with Gasteiger partial charge in [-0.25, -0.2) is 4.98 Å². The van der Waals surface area contributed by atoms with Crippen LogP contribution in [0.3, 0.4) is 0 Å². The highest BCUT2D eigenvalue weighted by molar-refractivity contribution is 7.09. The molecule has 88 valence electrons. The maximum atomic E-state index is 10.7. The van der Waals surface area contributed by atoms with Crippen LogP contribution in [0, 0.1) is 0 Å². The number of nitrogens with two attached hydrogens (primary N) is 1. The zero-order valence-corrected chi connectivity index (χ0v) is 9.57. The SMILES string of the molecule is NC(C(=O)O)c1nc(C2CCOCC2)cs1. The van der Waals surface area contributed by atoms with Crippen molar-refractivity contribution in [3.63, 3.8) is 0 Å². The van der Waals surface area contributed by atoms with E-state index in [0.717, 1.165) is 31.7 Å². The highest BCUT2D eigenvalue weighted by Crippen LogP contribution is 2.29. The zero-order chi connectivity index (χ0) is 11.5. The Hall–Kier alpha value is -0.980. The smallest absolute Gasteiger partial charge is 0.327 e. The number of rotatable bonds is 3. The maximum Gasteiger partial charge on any atom is 0.327 e. The van der Waals surface area contributed by atoms with E-state index in [2.05, 4.69) is 4.98 Å². The standard InChI is InChI=1S/C10H14N2O3S/c11-8(10(13)14)9-12-7(5-16-9)6-1-3-15-4-2-6/h5-6,8H,1-4,11H2,(H,13,14). The molecule has 1 aliphatic rings. The Morgan fingerprint density at radius 2 is 2.31 bits per heavy atom. The summed E-state index contributed by atoms with van der Waals surface area (Å²) in [6.07, 6.45) is 1.90. The number of ether oxygens (including phenoxy) is 1. The van der Waals surface area contributed by atoms with Crippen molar-refractivity contribution >= 4 is 17.3 Å². The van der Waals surface area contributed by atoms with Gasteiger partial charge in [0.1, 0.15) is 5.01 Å². The Balaban J connectivity index is 2.09. The number of carboxylic acid groups (broad SMARTS) is 1. The first-order valence-corrected chi connectivity index (χ1v) is 6.08. The van der Waals surface area contributed by atoms with E-state index >= 15 is 0 Å². The molecule has 1 atom stereocenters. The fourth-order valence-electron chi connectivity index (χ4n) is 1.73. The van der Waals surface area contributed by atoms with Gasteiger partial charge < -0.3 is 15.6 Å². The fourth-order valence-corrected chi connectivity index (χ4v) is 2.62. The van der Waals surface area contributed by atoms with Crippen molar-refractivity contribution in [2.24, 2.45) is 5.73 Å². The molecule has 1 aromatic heterocycles. The zero-order valence-electron chi connectivity index (χ0n) is 8.76. The van der Waals surface area contributed by atoms with Crippen LogP contribution in [0.2, 0.25) is 0 Å². The number of hydrogen-bond donors (Lipinski definition) is 2. The highest BCUT2D eigenvalue weighted by Gasteiger charge is 2.22. The van der Waals surface area contributed by atoms with Crippen LogP contribution in [0.5, 0.6) is 0 Å². The second-order valence-corrected chi connectivity index (χ2v) is 4.70. The fraction of sp³-hybridized carbons (Fsp3) is 0.600. The third-order valence-electron chi connectivity index (χ3n) is 2.71. The van der Waals surface area contributed by atoms with Gasteiger partial charge in [0.2, 0.25) is 0 Å². The van der Waals surface area contributed by atoms with Crippen molar-refractivity contribution in [3.05, 3.63) is 16.1 Å². The molecule has 2 rings (SSSR count). The van der Waals surface area contributed by atoms with Crippen molar-refractivity contribution in [1.82, 2.24) is 4.98 Å². The lowest BCUT2D eigenvalue weighted by Gasteiger charge is -2.20. The van der Waals surface area contributed by atoms with Crippen molar-refractivity contribution in [1.29, 1.82) is 0 Å². The molecule has 0 radical (unpaired) electrons. The van der Waals surface area contributed by atoms with Crippen molar-refractivity contribution in [3.8, 4) is 0 Å². The average Bonchev–Trinajstić information content (AvgIpc) is 2.78. The summed E-state index contributed by atoms with van der Waals surface area (Å²) in [5.74, 6) is -0.646. The molecule has 0 bridgehead atoms. The molecule has 1 aromatic rings. The Kier molecular flexibility index (Phi) is 3.52. The summed E-state index contributed by atoms with van der Waals surface area (Å²) in [6.45, 7) is 1.50. The van der Waals surface area contributed by atoms with Gasteiger partial charge in [0.15, 0.2) is 6.04 Å².